The quantitative estimate of drug-likeness (QED) is 0.312. The average molecular weight is 328 g/mol. The second kappa shape index (κ2) is 11.3. The van der Waals surface area contributed by atoms with E-state index in [-0.39, 0.29) is 0 Å². The van der Waals surface area contributed by atoms with Crippen LogP contribution < -0.4 is 31.9 Å². The van der Waals surface area contributed by atoms with Gasteiger partial charge in [0.05, 0.1) is 0 Å². The zero-order valence-electron chi connectivity index (χ0n) is 14.8. The van der Waals surface area contributed by atoms with Crippen LogP contribution in [0, 0.1) is 5.41 Å². The first-order valence-corrected chi connectivity index (χ1v) is 9.25. The lowest BCUT2D eigenvalue weighted by molar-refractivity contribution is 0.223. The molecular formula is C16H37N7. The van der Waals surface area contributed by atoms with Crippen molar-refractivity contribution in [2.75, 3.05) is 85.3 Å². The Labute approximate surface area is 141 Å². The normalized spacial score (nSPS) is 34.0. The molecule has 136 valence electrons. The Morgan fingerprint density at radius 3 is 1.78 bits per heavy atom. The third-order valence-corrected chi connectivity index (χ3v) is 4.72. The Balaban J connectivity index is 1.94. The van der Waals surface area contributed by atoms with Crippen LogP contribution in [0.5, 0.6) is 0 Å². The Morgan fingerprint density at radius 1 is 0.609 bits per heavy atom. The first-order chi connectivity index (χ1) is 11.3. The molecule has 3 fully saturated rings. The van der Waals surface area contributed by atoms with Gasteiger partial charge in [0.1, 0.15) is 0 Å². The summed E-state index contributed by atoms with van der Waals surface area (Å²) in [5, 5.41) is 21.5. The van der Waals surface area contributed by atoms with Gasteiger partial charge in [-0.25, -0.2) is 0 Å². The molecule has 3 heterocycles. The van der Waals surface area contributed by atoms with E-state index in [4.69, 9.17) is 0 Å². The largest absolute Gasteiger partial charge is 0.315 e. The summed E-state index contributed by atoms with van der Waals surface area (Å²) >= 11 is 0. The molecule has 3 aliphatic rings. The van der Waals surface area contributed by atoms with E-state index in [1.165, 1.54) is 6.42 Å². The number of rotatable bonds is 0. The van der Waals surface area contributed by atoms with Gasteiger partial charge in [-0.3, -0.25) is 4.90 Å². The minimum atomic E-state index is 0.299. The summed E-state index contributed by atoms with van der Waals surface area (Å²) in [6.07, 6.45) is 1.20. The predicted molar refractivity (Wildman–Crippen MR) is 96.6 cm³/mol. The standard InChI is InChI=1S/C16H37N7/c1-16-2-3-17-4-5-18-10-11-23(14-21-8-6-19-12-16)15-22-9-7-20-13-16/h17-22H,2-15H2,1H3. The Hall–Kier alpha value is -0.280. The van der Waals surface area contributed by atoms with E-state index in [2.05, 4.69) is 43.7 Å². The highest BCUT2D eigenvalue weighted by Crippen LogP contribution is 2.18. The molecule has 0 aromatic rings. The maximum atomic E-state index is 3.64. The van der Waals surface area contributed by atoms with Crippen molar-refractivity contribution in [1.82, 2.24) is 36.8 Å². The Bertz CT molecular complexity index is 279. The summed E-state index contributed by atoms with van der Waals surface area (Å²) < 4.78 is 0. The van der Waals surface area contributed by atoms with Crippen molar-refractivity contribution in [3.8, 4) is 0 Å². The fourth-order valence-corrected chi connectivity index (χ4v) is 3.12. The van der Waals surface area contributed by atoms with Gasteiger partial charge in [0, 0.05) is 78.8 Å². The third kappa shape index (κ3) is 8.39. The number of hydrogen-bond donors (Lipinski definition) is 6. The van der Waals surface area contributed by atoms with Gasteiger partial charge in [0.15, 0.2) is 0 Å². The minimum absolute atomic E-state index is 0.299. The molecule has 0 aliphatic carbocycles. The maximum absolute atomic E-state index is 3.64. The molecule has 7 heteroatoms. The molecule has 0 spiro atoms. The van der Waals surface area contributed by atoms with E-state index in [0.717, 1.165) is 85.3 Å². The van der Waals surface area contributed by atoms with Crippen molar-refractivity contribution in [2.24, 2.45) is 5.41 Å². The molecular weight excluding hydrogens is 290 g/mol. The van der Waals surface area contributed by atoms with E-state index < -0.39 is 0 Å². The van der Waals surface area contributed by atoms with Gasteiger partial charge in [-0.05, 0) is 18.4 Å². The molecule has 0 amide bonds. The molecule has 0 saturated carbocycles. The first-order valence-electron chi connectivity index (χ1n) is 9.25. The van der Waals surface area contributed by atoms with Crippen molar-refractivity contribution in [3.05, 3.63) is 0 Å². The van der Waals surface area contributed by atoms with Gasteiger partial charge < -0.3 is 31.9 Å². The number of nitrogens with zero attached hydrogens (tertiary/aromatic N) is 1. The summed E-state index contributed by atoms with van der Waals surface area (Å²) in [5.74, 6) is 0. The number of nitrogens with one attached hydrogen (secondary N) is 6. The molecule has 3 aliphatic heterocycles. The maximum Gasteiger partial charge on any atom is 0.0493 e. The van der Waals surface area contributed by atoms with E-state index in [9.17, 15) is 0 Å². The Kier molecular flexibility index (Phi) is 9.36. The summed E-state index contributed by atoms with van der Waals surface area (Å²) in [7, 11) is 0. The highest BCUT2D eigenvalue weighted by Gasteiger charge is 2.23. The highest BCUT2D eigenvalue weighted by atomic mass is 15.3. The summed E-state index contributed by atoms with van der Waals surface area (Å²) in [6.45, 7) is 15.8. The molecule has 0 aromatic carbocycles. The smallest absolute Gasteiger partial charge is 0.0493 e. The highest BCUT2D eigenvalue weighted by molar-refractivity contribution is 4.81. The van der Waals surface area contributed by atoms with Gasteiger partial charge in [-0.2, -0.15) is 0 Å². The van der Waals surface area contributed by atoms with Gasteiger partial charge in [0.25, 0.3) is 0 Å². The minimum Gasteiger partial charge on any atom is -0.315 e. The van der Waals surface area contributed by atoms with Crippen molar-refractivity contribution in [2.45, 2.75) is 13.3 Å². The van der Waals surface area contributed by atoms with Crippen LogP contribution in [0.3, 0.4) is 0 Å². The van der Waals surface area contributed by atoms with Crippen molar-refractivity contribution in [3.63, 3.8) is 0 Å². The first kappa shape index (κ1) is 19.1. The summed E-state index contributed by atoms with van der Waals surface area (Å²) in [6, 6.07) is 0. The molecule has 0 atom stereocenters. The van der Waals surface area contributed by atoms with Crippen molar-refractivity contribution < 1.29 is 0 Å². The summed E-state index contributed by atoms with van der Waals surface area (Å²) in [5.41, 5.74) is 0.299. The van der Waals surface area contributed by atoms with Crippen LogP contribution in [-0.4, -0.2) is 90.2 Å². The molecule has 0 radical (unpaired) electrons. The SMILES string of the molecule is CC12CCNCCNCCN(CNCCNC1)CNCCNC2. The second-order valence-corrected chi connectivity index (χ2v) is 7.12. The van der Waals surface area contributed by atoms with Crippen LogP contribution in [0.1, 0.15) is 13.3 Å². The fraction of sp³-hybridized carbons (Fsp3) is 1.00. The lowest BCUT2D eigenvalue weighted by Crippen LogP contribution is -2.49. The molecule has 0 aromatic heterocycles. The van der Waals surface area contributed by atoms with Gasteiger partial charge in [0.2, 0.25) is 0 Å². The van der Waals surface area contributed by atoms with Crippen LogP contribution in [0.25, 0.3) is 0 Å². The topological polar surface area (TPSA) is 75.4 Å². The zero-order chi connectivity index (χ0) is 16.2. The molecule has 6 N–H and O–H groups in total. The van der Waals surface area contributed by atoms with Crippen LogP contribution in [0.4, 0.5) is 0 Å². The molecule has 0 unspecified atom stereocenters. The van der Waals surface area contributed by atoms with Crippen molar-refractivity contribution in [1.29, 1.82) is 0 Å². The molecule has 3 saturated heterocycles. The van der Waals surface area contributed by atoms with Gasteiger partial charge in [-0.1, -0.05) is 6.92 Å². The van der Waals surface area contributed by atoms with E-state index >= 15 is 0 Å². The summed E-state index contributed by atoms with van der Waals surface area (Å²) in [4.78, 5) is 2.43. The van der Waals surface area contributed by atoms with Crippen LogP contribution in [-0.2, 0) is 0 Å². The van der Waals surface area contributed by atoms with E-state index in [1.807, 2.05) is 0 Å². The van der Waals surface area contributed by atoms with Crippen molar-refractivity contribution >= 4 is 0 Å². The number of fused-ring (bicyclic) bond motifs is 17. The van der Waals surface area contributed by atoms with Gasteiger partial charge >= 0.3 is 0 Å². The zero-order valence-corrected chi connectivity index (χ0v) is 14.8. The lowest BCUT2D eigenvalue weighted by atomic mass is 9.86. The average Bonchev–Trinajstić information content (AvgIpc) is 2.54. The van der Waals surface area contributed by atoms with Crippen LogP contribution in [0.2, 0.25) is 0 Å². The third-order valence-electron chi connectivity index (χ3n) is 4.72. The van der Waals surface area contributed by atoms with Crippen LogP contribution in [0.15, 0.2) is 0 Å². The van der Waals surface area contributed by atoms with Gasteiger partial charge in [-0.15, -0.1) is 0 Å². The Morgan fingerprint density at radius 2 is 1.13 bits per heavy atom. The monoisotopic (exact) mass is 327 g/mol. The number of hydrogen-bond acceptors (Lipinski definition) is 7. The molecule has 7 nitrogen and oxygen atoms in total. The molecule has 2 bridgehead atoms. The molecule has 3 rings (SSSR count). The predicted octanol–water partition coefficient (Wildman–Crippen LogP) is -1.84. The lowest BCUT2D eigenvalue weighted by Gasteiger charge is -2.32. The van der Waals surface area contributed by atoms with Crippen LogP contribution >= 0.6 is 0 Å². The fourth-order valence-electron chi connectivity index (χ4n) is 3.12. The van der Waals surface area contributed by atoms with E-state index in [0.29, 0.717) is 5.41 Å². The molecule has 23 heavy (non-hydrogen) atoms. The second-order valence-electron chi connectivity index (χ2n) is 7.12. The van der Waals surface area contributed by atoms with E-state index in [1.54, 1.807) is 0 Å².